The second kappa shape index (κ2) is 7.72. The number of anilines is 1. The number of carbonyl (C=O) groups is 2. The molecular formula is C15H18Cl2N2O4S. The van der Waals surface area contributed by atoms with E-state index in [0.29, 0.717) is 22.2 Å². The summed E-state index contributed by atoms with van der Waals surface area (Å²) in [7, 11) is -1.50. The maximum Gasteiger partial charge on any atom is 0.243 e. The molecule has 0 saturated carbocycles. The van der Waals surface area contributed by atoms with Crippen LogP contribution < -0.4 is 5.32 Å². The number of hydrogen-bond donors (Lipinski definition) is 1. The van der Waals surface area contributed by atoms with Crippen LogP contribution in [0.4, 0.5) is 5.69 Å². The number of nitrogens with one attached hydrogen (secondary N) is 1. The van der Waals surface area contributed by atoms with E-state index in [-0.39, 0.29) is 42.2 Å². The largest absolute Gasteiger partial charge is 0.336 e. The molecule has 6 nitrogen and oxygen atoms in total. The number of benzene rings is 1. The summed E-state index contributed by atoms with van der Waals surface area (Å²) in [6.45, 7) is -0.126. The number of nitrogens with zero attached hydrogens (tertiary/aromatic N) is 1. The fourth-order valence-electron chi connectivity index (χ4n) is 2.51. The van der Waals surface area contributed by atoms with Gasteiger partial charge < -0.3 is 10.2 Å². The Morgan fingerprint density at radius 1 is 1.29 bits per heavy atom. The van der Waals surface area contributed by atoms with Crippen LogP contribution in [-0.4, -0.2) is 50.2 Å². The number of halogens is 2. The van der Waals surface area contributed by atoms with Crippen molar-refractivity contribution in [2.24, 2.45) is 5.92 Å². The second-order valence-corrected chi connectivity index (χ2v) is 8.94. The highest BCUT2D eigenvalue weighted by Crippen LogP contribution is 2.25. The number of rotatable bonds is 5. The SMILES string of the molecule is CN(CC(=O)Nc1ccc(Cl)c(Cl)c1)C(=O)C[C@@H]1CCS(=O)(=O)C1. The summed E-state index contributed by atoms with van der Waals surface area (Å²) >= 11 is 11.7. The molecule has 0 bridgehead atoms. The molecule has 2 amide bonds. The van der Waals surface area contributed by atoms with Gasteiger partial charge in [-0.25, -0.2) is 8.42 Å². The minimum absolute atomic E-state index is 0.0437. The van der Waals surface area contributed by atoms with Crippen LogP contribution in [-0.2, 0) is 19.4 Å². The third kappa shape index (κ3) is 5.36. The topological polar surface area (TPSA) is 83.6 Å². The van der Waals surface area contributed by atoms with Crippen molar-refractivity contribution in [1.29, 1.82) is 0 Å². The summed E-state index contributed by atoms with van der Waals surface area (Å²) in [6, 6.07) is 4.69. The zero-order valence-corrected chi connectivity index (χ0v) is 15.4. The normalized spacial score (nSPS) is 19.0. The lowest BCUT2D eigenvalue weighted by atomic mass is 10.0. The molecule has 1 aromatic rings. The first-order valence-corrected chi connectivity index (χ1v) is 9.93. The van der Waals surface area contributed by atoms with Crippen molar-refractivity contribution >= 4 is 50.5 Å². The summed E-state index contributed by atoms with van der Waals surface area (Å²) < 4.78 is 22.8. The van der Waals surface area contributed by atoms with Crippen molar-refractivity contribution in [3.8, 4) is 0 Å². The monoisotopic (exact) mass is 392 g/mol. The maximum atomic E-state index is 12.1. The average molecular weight is 393 g/mol. The molecule has 0 unspecified atom stereocenters. The van der Waals surface area contributed by atoms with Gasteiger partial charge in [-0.3, -0.25) is 9.59 Å². The molecular weight excluding hydrogens is 375 g/mol. The van der Waals surface area contributed by atoms with Crippen LogP contribution in [0, 0.1) is 5.92 Å². The first-order chi connectivity index (χ1) is 11.2. The molecule has 9 heteroatoms. The Kier molecular flexibility index (Phi) is 6.11. The average Bonchev–Trinajstić information content (AvgIpc) is 2.81. The van der Waals surface area contributed by atoms with Crippen LogP contribution in [0.2, 0.25) is 10.0 Å². The molecule has 24 heavy (non-hydrogen) atoms. The molecule has 0 spiro atoms. The predicted octanol–water partition coefficient (Wildman–Crippen LogP) is 2.22. The number of carbonyl (C=O) groups excluding carboxylic acids is 2. The molecule has 1 aliphatic rings. The molecule has 0 aliphatic carbocycles. The second-order valence-electron chi connectivity index (χ2n) is 5.90. The third-order valence-electron chi connectivity index (χ3n) is 3.80. The van der Waals surface area contributed by atoms with Gasteiger partial charge in [0.2, 0.25) is 11.8 Å². The van der Waals surface area contributed by atoms with E-state index in [4.69, 9.17) is 23.2 Å². The molecule has 1 N–H and O–H groups in total. The summed E-state index contributed by atoms with van der Waals surface area (Å²) in [6.07, 6.45) is 0.632. The quantitative estimate of drug-likeness (QED) is 0.832. The molecule has 1 heterocycles. The Bertz CT molecular complexity index is 752. The van der Waals surface area contributed by atoms with E-state index in [0.717, 1.165) is 0 Å². The van der Waals surface area contributed by atoms with Crippen molar-refractivity contribution in [2.45, 2.75) is 12.8 Å². The zero-order chi connectivity index (χ0) is 17.9. The summed E-state index contributed by atoms with van der Waals surface area (Å²) in [5.74, 6) is -0.609. The van der Waals surface area contributed by atoms with Gasteiger partial charge in [0, 0.05) is 19.2 Å². The molecule has 2 rings (SSSR count). The molecule has 1 aliphatic heterocycles. The highest BCUT2D eigenvalue weighted by Gasteiger charge is 2.30. The van der Waals surface area contributed by atoms with Crippen molar-refractivity contribution < 1.29 is 18.0 Å². The number of amides is 2. The van der Waals surface area contributed by atoms with Crippen molar-refractivity contribution in [3.05, 3.63) is 28.2 Å². The van der Waals surface area contributed by atoms with E-state index in [9.17, 15) is 18.0 Å². The molecule has 1 atom stereocenters. The van der Waals surface area contributed by atoms with Gasteiger partial charge in [-0.15, -0.1) is 0 Å². The van der Waals surface area contributed by atoms with E-state index in [1.165, 1.54) is 18.0 Å². The highest BCUT2D eigenvalue weighted by atomic mass is 35.5. The van der Waals surface area contributed by atoms with Gasteiger partial charge in [-0.05, 0) is 30.5 Å². The Hall–Kier alpha value is -1.31. The van der Waals surface area contributed by atoms with Crippen LogP contribution in [0.3, 0.4) is 0 Å². The molecule has 1 fully saturated rings. The van der Waals surface area contributed by atoms with Gasteiger partial charge in [0.05, 0.1) is 28.1 Å². The molecule has 1 saturated heterocycles. The highest BCUT2D eigenvalue weighted by molar-refractivity contribution is 7.91. The summed E-state index contributed by atoms with van der Waals surface area (Å²) in [5, 5.41) is 3.33. The fraction of sp³-hybridized carbons (Fsp3) is 0.467. The van der Waals surface area contributed by atoms with E-state index in [2.05, 4.69) is 5.32 Å². The molecule has 0 aromatic heterocycles. The molecule has 132 valence electrons. The summed E-state index contributed by atoms with van der Waals surface area (Å²) in [4.78, 5) is 25.4. The third-order valence-corrected chi connectivity index (χ3v) is 6.38. The minimum Gasteiger partial charge on any atom is -0.336 e. The first kappa shape index (κ1) is 19.0. The standard InChI is InChI=1S/C15H18Cl2N2O4S/c1-19(15(21)6-10-4-5-24(22,23)9-10)8-14(20)18-11-2-3-12(16)13(17)7-11/h2-3,7,10H,4-6,8-9H2,1H3,(H,18,20)/t10-/m0/s1. The Morgan fingerprint density at radius 3 is 2.58 bits per heavy atom. The number of hydrogen-bond acceptors (Lipinski definition) is 4. The van der Waals surface area contributed by atoms with Crippen molar-refractivity contribution in [1.82, 2.24) is 4.90 Å². The van der Waals surface area contributed by atoms with Crippen molar-refractivity contribution in [2.75, 3.05) is 30.4 Å². The summed E-state index contributed by atoms with van der Waals surface area (Å²) in [5.41, 5.74) is 0.483. The van der Waals surface area contributed by atoms with Crippen LogP contribution in [0.15, 0.2) is 18.2 Å². The van der Waals surface area contributed by atoms with Gasteiger partial charge >= 0.3 is 0 Å². The number of sulfone groups is 1. The lowest BCUT2D eigenvalue weighted by Gasteiger charge is -2.18. The van der Waals surface area contributed by atoms with Gasteiger partial charge in [-0.1, -0.05) is 23.2 Å². The van der Waals surface area contributed by atoms with Crippen LogP contribution >= 0.6 is 23.2 Å². The van der Waals surface area contributed by atoms with E-state index >= 15 is 0 Å². The van der Waals surface area contributed by atoms with E-state index < -0.39 is 9.84 Å². The predicted molar refractivity (Wildman–Crippen MR) is 94.1 cm³/mol. The number of likely N-dealkylation sites (N-methyl/N-ethyl adjacent to an activating group) is 1. The van der Waals surface area contributed by atoms with E-state index in [1.54, 1.807) is 12.1 Å². The van der Waals surface area contributed by atoms with Crippen LogP contribution in [0.1, 0.15) is 12.8 Å². The van der Waals surface area contributed by atoms with Gasteiger partial charge in [0.25, 0.3) is 0 Å². The lowest BCUT2D eigenvalue weighted by molar-refractivity contribution is -0.134. The van der Waals surface area contributed by atoms with Gasteiger partial charge in [-0.2, -0.15) is 0 Å². The minimum atomic E-state index is -3.01. The van der Waals surface area contributed by atoms with Gasteiger partial charge in [0.1, 0.15) is 0 Å². The van der Waals surface area contributed by atoms with Crippen LogP contribution in [0.5, 0.6) is 0 Å². The Labute approximate surface area is 151 Å². The van der Waals surface area contributed by atoms with Crippen LogP contribution in [0.25, 0.3) is 0 Å². The van der Waals surface area contributed by atoms with Crippen molar-refractivity contribution in [3.63, 3.8) is 0 Å². The van der Waals surface area contributed by atoms with E-state index in [1.807, 2.05) is 0 Å². The van der Waals surface area contributed by atoms with Gasteiger partial charge in [0.15, 0.2) is 9.84 Å². The smallest absolute Gasteiger partial charge is 0.243 e. The molecule has 0 radical (unpaired) electrons. The first-order valence-electron chi connectivity index (χ1n) is 7.35. The maximum absolute atomic E-state index is 12.1. The molecule has 1 aromatic carbocycles. The lowest BCUT2D eigenvalue weighted by Crippen LogP contribution is -2.35. The zero-order valence-electron chi connectivity index (χ0n) is 13.1. The fourth-order valence-corrected chi connectivity index (χ4v) is 4.67. The Balaban J connectivity index is 1.84. The Morgan fingerprint density at radius 2 is 2.00 bits per heavy atom.